The van der Waals surface area contributed by atoms with Crippen molar-refractivity contribution in [3.05, 3.63) is 22.7 Å². The highest BCUT2D eigenvalue weighted by atomic mass is 79.9. The standard InChI is InChI=1S/C10H14BrClN2/c1-8-7-9(12)14-10(13-8)5-3-2-4-6-11/h7H,2-6H2,1H3. The molecular formula is C10H14BrClN2. The Labute approximate surface area is 98.2 Å². The quantitative estimate of drug-likeness (QED) is 0.467. The minimum Gasteiger partial charge on any atom is -0.238 e. The Hall–Kier alpha value is -0.150. The molecule has 1 aromatic heterocycles. The number of nitrogens with zero attached hydrogens (tertiary/aromatic N) is 2. The van der Waals surface area contributed by atoms with Crippen molar-refractivity contribution in [1.29, 1.82) is 0 Å². The summed E-state index contributed by atoms with van der Waals surface area (Å²) in [4.78, 5) is 8.50. The summed E-state index contributed by atoms with van der Waals surface area (Å²) < 4.78 is 0. The van der Waals surface area contributed by atoms with Gasteiger partial charge in [0.1, 0.15) is 11.0 Å². The third-order valence-electron chi connectivity index (χ3n) is 1.90. The molecule has 4 heteroatoms. The van der Waals surface area contributed by atoms with Crippen LogP contribution in [0.1, 0.15) is 30.8 Å². The maximum absolute atomic E-state index is 5.83. The van der Waals surface area contributed by atoms with Crippen LogP contribution in [0.15, 0.2) is 6.07 Å². The van der Waals surface area contributed by atoms with Crippen LogP contribution in [0.25, 0.3) is 0 Å². The van der Waals surface area contributed by atoms with Crippen LogP contribution in [0.3, 0.4) is 0 Å². The Kier molecular flexibility index (Phi) is 5.41. The van der Waals surface area contributed by atoms with Gasteiger partial charge in [-0.3, -0.25) is 0 Å². The van der Waals surface area contributed by atoms with Crippen LogP contribution in [-0.4, -0.2) is 15.3 Å². The van der Waals surface area contributed by atoms with Crippen LogP contribution >= 0.6 is 27.5 Å². The molecule has 0 N–H and O–H groups in total. The van der Waals surface area contributed by atoms with E-state index in [1.165, 1.54) is 12.8 Å². The van der Waals surface area contributed by atoms with Crippen LogP contribution < -0.4 is 0 Å². The molecule has 78 valence electrons. The van der Waals surface area contributed by atoms with Gasteiger partial charge in [0, 0.05) is 17.4 Å². The molecule has 1 aromatic rings. The molecule has 0 fully saturated rings. The third-order valence-corrected chi connectivity index (χ3v) is 2.66. The molecule has 0 aliphatic heterocycles. The molecule has 1 rings (SSSR count). The zero-order chi connectivity index (χ0) is 10.4. The van der Waals surface area contributed by atoms with Crippen LogP contribution in [-0.2, 0) is 6.42 Å². The van der Waals surface area contributed by atoms with Crippen LogP contribution in [0.2, 0.25) is 5.15 Å². The molecule has 0 aromatic carbocycles. The normalized spacial score (nSPS) is 10.5. The molecule has 0 amide bonds. The molecule has 0 radical (unpaired) electrons. The fraction of sp³-hybridized carbons (Fsp3) is 0.600. The number of aryl methyl sites for hydroxylation is 2. The monoisotopic (exact) mass is 276 g/mol. The smallest absolute Gasteiger partial charge is 0.133 e. The fourth-order valence-corrected chi connectivity index (χ4v) is 1.91. The Morgan fingerprint density at radius 3 is 2.71 bits per heavy atom. The van der Waals surface area contributed by atoms with Crippen molar-refractivity contribution in [2.24, 2.45) is 0 Å². The maximum atomic E-state index is 5.83. The highest BCUT2D eigenvalue weighted by Gasteiger charge is 2.00. The highest BCUT2D eigenvalue weighted by Crippen LogP contribution is 2.09. The van der Waals surface area contributed by atoms with Gasteiger partial charge in [-0.25, -0.2) is 9.97 Å². The molecule has 0 aliphatic rings. The molecule has 0 spiro atoms. The second-order valence-corrected chi connectivity index (χ2v) is 4.43. The molecule has 0 saturated heterocycles. The van der Waals surface area contributed by atoms with Gasteiger partial charge in [-0.05, 0) is 25.8 Å². The highest BCUT2D eigenvalue weighted by molar-refractivity contribution is 9.09. The van der Waals surface area contributed by atoms with E-state index in [1.54, 1.807) is 6.07 Å². The summed E-state index contributed by atoms with van der Waals surface area (Å²) in [6.07, 6.45) is 4.47. The lowest BCUT2D eigenvalue weighted by atomic mass is 10.2. The summed E-state index contributed by atoms with van der Waals surface area (Å²) in [7, 11) is 0. The predicted octanol–water partition coefficient (Wildman–Crippen LogP) is 3.55. The van der Waals surface area contributed by atoms with Crippen LogP contribution in [0, 0.1) is 6.92 Å². The van der Waals surface area contributed by atoms with Crippen molar-refractivity contribution in [3.63, 3.8) is 0 Å². The molecule has 0 aliphatic carbocycles. The number of rotatable bonds is 5. The number of alkyl halides is 1. The predicted molar refractivity (Wildman–Crippen MR) is 63.1 cm³/mol. The molecule has 0 saturated carbocycles. The van der Waals surface area contributed by atoms with Gasteiger partial charge in [-0.15, -0.1) is 0 Å². The second kappa shape index (κ2) is 6.36. The lowest BCUT2D eigenvalue weighted by molar-refractivity contribution is 0.697. The van der Waals surface area contributed by atoms with E-state index >= 15 is 0 Å². The number of hydrogen-bond donors (Lipinski definition) is 0. The summed E-state index contributed by atoms with van der Waals surface area (Å²) in [6.45, 7) is 1.94. The first-order chi connectivity index (χ1) is 6.72. The summed E-state index contributed by atoms with van der Waals surface area (Å²) in [5.41, 5.74) is 0.945. The van der Waals surface area contributed by atoms with Crippen molar-refractivity contribution in [1.82, 2.24) is 9.97 Å². The first kappa shape index (κ1) is 11.9. The van der Waals surface area contributed by atoms with Gasteiger partial charge in [0.25, 0.3) is 0 Å². The van der Waals surface area contributed by atoms with Crippen molar-refractivity contribution >= 4 is 27.5 Å². The average molecular weight is 278 g/mol. The van der Waals surface area contributed by atoms with Gasteiger partial charge in [0.05, 0.1) is 0 Å². The Morgan fingerprint density at radius 1 is 1.29 bits per heavy atom. The second-order valence-electron chi connectivity index (χ2n) is 3.25. The number of aromatic nitrogens is 2. The lowest BCUT2D eigenvalue weighted by Gasteiger charge is -2.01. The lowest BCUT2D eigenvalue weighted by Crippen LogP contribution is -1.97. The van der Waals surface area contributed by atoms with E-state index in [4.69, 9.17) is 11.6 Å². The molecule has 14 heavy (non-hydrogen) atoms. The third kappa shape index (κ3) is 4.38. The zero-order valence-corrected chi connectivity index (χ0v) is 10.6. The molecule has 0 atom stereocenters. The van der Waals surface area contributed by atoms with E-state index in [-0.39, 0.29) is 0 Å². The van der Waals surface area contributed by atoms with E-state index in [1.807, 2.05) is 6.92 Å². The van der Waals surface area contributed by atoms with Gasteiger partial charge in [-0.1, -0.05) is 34.0 Å². The Bertz CT molecular complexity index is 271. The molecule has 0 unspecified atom stereocenters. The van der Waals surface area contributed by atoms with Gasteiger partial charge in [0.2, 0.25) is 0 Å². The minimum atomic E-state index is 0.549. The maximum Gasteiger partial charge on any atom is 0.133 e. The first-order valence-corrected chi connectivity index (χ1v) is 6.28. The first-order valence-electron chi connectivity index (χ1n) is 4.78. The number of unbranched alkanes of at least 4 members (excludes halogenated alkanes) is 2. The van der Waals surface area contributed by atoms with Crippen molar-refractivity contribution in [3.8, 4) is 0 Å². The Morgan fingerprint density at radius 2 is 2.07 bits per heavy atom. The number of hydrogen-bond acceptors (Lipinski definition) is 2. The van der Waals surface area contributed by atoms with E-state index in [0.29, 0.717) is 5.15 Å². The molecule has 0 bridgehead atoms. The van der Waals surface area contributed by atoms with Gasteiger partial charge >= 0.3 is 0 Å². The van der Waals surface area contributed by atoms with E-state index in [2.05, 4.69) is 25.9 Å². The van der Waals surface area contributed by atoms with Crippen molar-refractivity contribution < 1.29 is 0 Å². The fourth-order valence-electron chi connectivity index (χ4n) is 1.25. The largest absolute Gasteiger partial charge is 0.238 e. The van der Waals surface area contributed by atoms with Crippen LogP contribution in [0.4, 0.5) is 0 Å². The van der Waals surface area contributed by atoms with E-state index < -0.39 is 0 Å². The molecule has 2 nitrogen and oxygen atoms in total. The SMILES string of the molecule is Cc1cc(Cl)nc(CCCCCBr)n1. The summed E-state index contributed by atoms with van der Waals surface area (Å²) in [5, 5.41) is 1.62. The minimum absolute atomic E-state index is 0.549. The molecule has 1 heterocycles. The zero-order valence-electron chi connectivity index (χ0n) is 8.26. The van der Waals surface area contributed by atoms with Gasteiger partial charge in [0.15, 0.2) is 0 Å². The van der Waals surface area contributed by atoms with E-state index in [9.17, 15) is 0 Å². The molecular weight excluding hydrogens is 263 g/mol. The van der Waals surface area contributed by atoms with Crippen LogP contribution in [0.5, 0.6) is 0 Å². The van der Waals surface area contributed by atoms with Crippen molar-refractivity contribution in [2.75, 3.05) is 5.33 Å². The van der Waals surface area contributed by atoms with Gasteiger partial charge < -0.3 is 0 Å². The van der Waals surface area contributed by atoms with Gasteiger partial charge in [-0.2, -0.15) is 0 Å². The Balaban J connectivity index is 2.42. The average Bonchev–Trinajstić information content (AvgIpc) is 2.11. The summed E-state index contributed by atoms with van der Waals surface area (Å²) in [5.74, 6) is 0.865. The summed E-state index contributed by atoms with van der Waals surface area (Å²) >= 11 is 9.24. The summed E-state index contributed by atoms with van der Waals surface area (Å²) in [6, 6.07) is 1.78. The topological polar surface area (TPSA) is 25.8 Å². The number of halogens is 2. The van der Waals surface area contributed by atoms with Crippen molar-refractivity contribution in [2.45, 2.75) is 32.6 Å². The van der Waals surface area contributed by atoms with E-state index in [0.717, 1.165) is 29.7 Å².